The van der Waals surface area contributed by atoms with Crippen LogP contribution in [0.5, 0.6) is 0 Å². The maximum absolute atomic E-state index is 12.2. The van der Waals surface area contributed by atoms with Crippen molar-refractivity contribution < 1.29 is 14.7 Å². The molecule has 0 aliphatic heterocycles. The van der Waals surface area contributed by atoms with E-state index in [1.165, 1.54) is 25.7 Å². The van der Waals surface area contributed by atoms with Crippen LogP contribution < -0.4 is 5.32 Å². The zero-order valence-corrected chi connectivity index (χ0v) is 13.4. The van der Waals surface area contributed by atoms with Crippen LogP contribution in [0.2, 0.25) is 0 Å². The third-order valence-corrected chi connectivity index (χ3v) is 5.43. The summed E-state index contributed by atoms with van der Waals surface area (Å²) in [5.41, 5.74) is -0.523. The second-order valence-corrected chi connectivity index (χ2v) is 7.70. The number of hydrogen-bond acceptors (Lipinski definition) is 2. The summed E-state index contributed by atoms with van der Waals surface area (Å²) in [6, 6.07) is 0. The molecular formula is C17H29NO3. The van der Waals surface area contributed by atoms with Crippen molar-refractivity contribution in [3.63, 3.8) is 0 Å². The van der Waals surface area contributed by atoms with Crippen LogP contribution in [0.4, 0.5) is 0 Å². The number of amides is 1. The molecule has 0 saturated heterocycles. The fraction of sp³-hybridized carbons (Fsp3) is 0.882. The summed E-state index contributed by atoms with van der Waals surface area (Å²) in [5.74, 6) is -0.245. The zero-order chi connectivity index (χ0) is 15.5. The molecule has 2 N–H and O–H groups in total. The molecule has 0 heterocycles. The van der Waals surface area contributed by atoms with E-state index in [0.717, 1.165) is 19.4 Å². The van der Waals surface area contributed by atoms with E-state index in [9.17, 15) is 14.7 Å². The molecule has 0 aromatic carbocycles. The minimum absolute atomic E-state index is 0.0767. The summed E-state index contributed by atoms with van der Waals surface area (Å²) in [5, 5.41) is 12.3. The second kappa shape index (κ2) is 6.37. The van der Waals surface area contributed by atoms with Gasteiger partial charge in [-0.3, -0.25) is 9.59 Å². The molecular weight excluding hydrogens is 266 g/mol. The van der Waals surface area contributed by atoms with E-state index in [4.69, 9.17) is 0 Å². The van der Waals surface area contributed by atoms with Gasteiger partial charge < -0.3 is 10.4 Å². The molecule has 4 heteroatoms. The fourth-order valence-electron chi connectivity index (χ4n) is 4.17. The van der Waals surface area contributed by atoms with Crippen molar-refractivity contribution in [2.75, 3.05) is 6.54 Å². The van der Waals surface area contributed by atoms with Crippen molar-refractivity contribution in [3.8, 4) is 0 Å². The minimum atomic E-state index is -0.804. The summed E-state index contributed by atoms with van der Waals surface area (Å²) in [6.07, 6.45) is 8.41. The highest BCUT2D eigenvalue weighted by atomic mass is 16.4. The van der Waals surface area contributed by atoms with Crippen molar-refractivity contribution in [1.29, 1.82) is 0 Å². The molecule has 2 saturated carbocycles. The molecule has 2 aliphatic rings. The Morgan fingerprint density at radius 2 is 1.71 bits per heavy atom. The highest BCUT2D eigenvalue weighted by Crippen LogP contribution is 2.45. The maximum Gasteiger partial charge on any atom is 0.310 e. The van der Waals surface area contributed by atoms with Gasteiger partial charge in [0.2, 0.25) is 5.91 Å². The average molecular weight is 295 g/mol. The lowest BCUT2D eigenvalue weighted by molar-refractivity contribution is -0.157. The Labute approximate surface area is 127 Å². The first-order valence-corrected chi connectivity index (χ1v) is 8.38. The summed E-state index contributed by atoms with van der Waals surface area (Å²) in [7, 11) is 0. The molecule has 0 atom stereocenters. The Kier molecular flexibility index (Phi) is 4.95. The van der Waals surface area contributed by atoms with Gasteiger partial charge >= 0.3 is 5.97 Å². The van der Waals surface area contributed by atoms with Gasteiger partial charge in [0.25, 0.3) is 0 Å². The molecule has 0 unspecified atom stereocenters. The molecule has 2 rings (SSSR count). The standard InChI is InChI=1S/C17H29NO3/c1-13(2)10-16(6-3-4-7-16)12-18-14(19)11-17(15(20)21)8-5-9-17/h13H,3-12H2,1-2H3,(H,18,19)(H,20,21). The van der Waals surface area contributed by atoms with Gasteiger partial charge in [0.1, 0.15) is 0 Å². The third kappa shape index (κ3) is 3.78. The van der Waals surface area contributed by atoms with E-state index in [1.54, 1.807) is 0 Å². The highest BCUT2D eigenvalue weighted by molar-refractivity contribution is 5.85. The fourth-order valence-corrected chi connectivity index (χ4v) is 4.17. The lowest BCUT2D eigenvalue weighted by Gasteiger charge is -2.37. The van der Waals surface area contributed by atoms with Gasteiger partial charge in [-0.2, -0.15) is 0 Å². The minimum Gasteiger partial charge on any atom is -0.481 e. The van der Waals surface area contributed by atoms with Crippen molar-refractivity contribution in [1.82, 2.24) is 5.32 Å². The largest absolute Gasteiger partial charge is 0.481 e. The molecule has 21 heavy (non-hydrogen) atoms. The van der Waals surface area contributed by atoms with Crippen LogP contribution in [0.3, 0.4) is 0 Å². The molecule has 0 aromatic rings. The van der Waals surface area contributed by atoms with Crippen LogP contribution in [-0.2, 0) is 9.59 Å². The first kappa shape index (κ1) is 16.3. The van der Waals surface area contributed by atoms with Gasteiger partial charge in [-0.1, -0.05) is 33.1 Å². The number of hydrogen-bond donors (Lipinski definition) is 2. The van der Waals surface area contributed by atoms with Crippen LogP contribution in [0, 0.1) is 16.7 Å². The van der Waals surface area contributed by atoms with Crippen molar-refractivity contribution in [2.45, 2.75) is 71.6 Å². The third-order valence-electron chi connectivity index (χ3n) is 5.43. The Balaban J connectivity index is 1.86. The Morgan fingerprint density at radius 1 is 1.10 bits per heavy atom. The number of carbonyl (C=O) groups is 2. The van der Waals surface area contributed by atoms with E-state index < -0.39 is 11.4 Å². The van der Waals surface area contributed by atoms with Crippen molar-refractivity contribution in [2.24, 2.45) is 16.7 Å². The number of carbonyl (C=O) groups excluding carboxylic acids is 1. The van der Waals surface area contributed by atoms with E-state index in [1.807, 2.05) is 0 Å². The molecule has 2 aliphatic carbocycles. The van der Waals surface area contributed by atoms with E-state index in [-0.39, 0.29) is 17.7 Å². The number of carboxylic acids is 1. The molecule has 120 valence electrons. The number of rotatable bonds is 7. The van der Waals surface area contributed by atoms with Crippen LogP contribution in [-0.4, -0.2) is 23.5 Å². The lowest BCUT2D eigenvalue weighted by atomic mass is 9.66. The Morgan fingerprint density at radius 3 is 2.14 bits per heavy atom. The van der Waals surface area contributed by atoms with E-state index >= 15 is 0 Å². The maximum atomic E-state index is 12.2. The normalized spacial score (nSPS) is 22.8. The monoisotopic (exact) mass is 295 g/mol. The smallest absolute Gasteiger partial charge is 0.310 e. The van der Waals surface area contributed by atoms with Crippen LogP contribution in [0.15, 0.2) is 0 Å². The van der Waals surface area contributed by atoms with Gasteiger partial charge in [0.15, 0.2) is 0 Å². The SMILES string of the molecule is CC(C)CC1(CNC(=O)CC2(C(=O)O)CCC2)CCCC1. The number of aliphatic carboxylic acids is 1. The van der Waals surface area contributed by atoms with Crippen molar-refractivity contribution in [3.05, 3.63) is 0 Å². The van der Waals surface area contributed by atoms with Gasteiger partial charge in [-0.25, -0.2) is 0 Å². The Hall–Kier alpha value is -1.06. The summed E-state index contributed by atoms with van der Waals surface area (Å²) in [4.78, 5) is 23.5. The molecule has 0 spiro atoms. The predicted molar refractivity (Wildman–Crippen MR) is 81.9 cm³/mol. The van der Waals surface area contributed by atoms with Gasteiger partial charge in [-0.15, -0.1) is 0 Å². The number of nitrogens with one attached hydrogen (secondary N) is 1. The average Bonchev–Trinajstić information content (AvgIpc) is 2.79. The summed E-state index contributed by atoms with van der Waals surface area (Å²) in [6.45, 7) is 5.19. The molecule has 0 radical (unpaired) electrons. The van der Waals surface area contributed by atoms with Gasteiger partial charge in [-0.05, 0) is 43.4 Å². The summed E-state index contributed by atoms with van der Waals surface area (Å²) >= 11 is 0. The Bertz CT molecular complexity index is 393. The number of carboxylic acid groups (broad SMARTS) is 1. The molecule has 1 amide bonds. The summed E-state index contributed by atoms with van der Waals surface area (Å²) < 4.78 is 0. The quantitative estimate of drug-likeness (QED) is 0.757. The van der Waals surface area contributed by atoms with Crippen LogP contribution >= 0.6 is 0 Å². The van der Waals surface area contributed by atoms with Gasteiger partial charge in [0, 0.05) is 13.0 Å². The van der Waals surface area contributed by atoms with Crippen LogP contribution in [0.25, 0.3) is 0 Å². The topological polar surface area (TPSA) is 66.4 Å². The molecule has 0 bridgehead atoms. The molecule has 4 nitrogen and oxygen atoms in total. The predicted octanol–water partition coefficient (Wildman–Crippen LogP) is 3.35. The first-order valence-electron chi connectivity index (χ1n) is 8.38. The van der Waals surface area contributed by atoms with E-state index in [0.29, 0.717) is 18.8 Å². The van der Waals surface area contributed by atoms with E-state index in [2.05, 4.69) is 19.2 Å². The zero-order valence-electron chi connectivity index (χ0n) is 13.4. The first-order chi connectivity index (χ1) is 9.88. The second-order valence-electron chi connectivity index (χ2n) is 7.70. The van der Waals surface area contributed by atoms with Crippen molar-refractivity contribution >= 4 is 11.9 Å². The van der Waals surface area contributed by atoms with Gasteiger partial charge in [0.05, 0.1) is 5.41 Å². The van der Waals surface area contributed by atoms with Crippen LogP contribution in [0.1, 0.15) is 71.6 Å². The highest BCUT2D eigenvalue weighted by Gasteiger charge is 2.46. The lowest BCUT2D eigenvalue weighted by Crippen LogP contribution is -2.44. The molecule has 2 fully saturated rings. The molecule has 0 aromatic heterocycles.